The molecule has 35 heavy (non-hydrogen) atoms. The number of nitrogens with one attached hydrogen (secondary N) is 1. The summed E-state index contributed by atoms with van der Waals surface area (Å²) in [6, 6.07) is 17.8. The molecule has 0 aliphatic carbocycles. The predicted molar refractivity (Wildman–Crippen MR) is 137 cm³/mol. The lowest BCUT2D eigenvalue weighted by atomic mass is 10.1. The first-order valence-corrected chi connectivity index (χ1v) is 11.7. The minimum Gasteiger partial charge on any atom is -0.493 e. The van der Waals surface area contributed by atoms with Crippen LogP contribution in [0.25, 0.3) is 22.5 Å². The molecule has 0 aliphatic heterocycles. The van der Waals surface area contributed by atoms with Crippen molar-refractivity contribution < 1.29 is 14.3 Å². The zero-order chi connectivity index (χ0) is 24.9. The minimum atomic E-state index is -0.258. The first kappa shape index (κ1) is 24.9. The number of ether oxygens (including phenoxy) is 2. The van der Waals surface area contributed by atoms with Gasteiger partial charge in [-0.05, 0) is 48.0 Å². The molecule has 0 saturated heterocycles. The molecule has 7 nitrogen and oxygen atoms in total. The second kappa shape index (κ2) is 11.0. The number of hydrogen-bond donors (Lipinski definition) is 1. The third kappa shape index (κ3) is 5.88. The zero-order valence-electron chi connectivity index (χ0n) is 18.9. The number of halogens is 3. The van der Waals surface area contributed by atoms with Crippen LogP contribution in [0.1, 0.15) is 5.56 Å². The fourth-order valence-electron chi connectivity index (χ4n) is 3.46. The van der Waals surface area contributed by atoms with E-state index in [0.717, 1.165) is 11.1 Å². The molecule has 0 fully saturated rings. The summed E-state index contributed by atoms with van der Waals surface area (Å²) in [6.45, 7) is 0.222. The van der Waals surface area contributed by atoms with E-state index >= 15 is 0 Å². The Hall–Kier alpha value is -3.26. The van der Waals surface area contributed by atoms with E-state index in [9.17, 15) is 4.79 Å². The molecule has 3 aromatic carbocycles. The Balaban J connectivity index is 1.57. The van der Waals surface area contributed by atoms with Crippen molar-refractivity contribution in [2.24, 2.45) is 0 Å². The second-order valence-corrected chi connectivity index (χ2v) is 8.80. The fraction of sp³-hybridized carbons (Fsp3) is 0.160. The number of carbonyl (C=O) groups is 1. The molecule has 0 spiro atoms. The van der Waals surface area contributed by atoms with E-state index in [1.54, 1.807) is 50.6 Å². The van der Waals surface area contributed by atoms with Crippen LogP contribution in [0.3, 0.4) is 0 Å². The van der Waals surface area contributed by atoms with E-state index in [2.05, 4.69) is 15.5 Å². The molecule has 4 aromatic rings. The molecule has 0 saturated carbocycles. The Bertz CT molecular complexity index is 1360. The first-order valence-electron chi connectivity index (χ1n) is 10.5. The van der Waals surface area contributed by atoms with Crippen molar-refractivity contribution in [3.63, 3.8) is 0 Å². The van der Waals surface area contributed by atoms with Crippen LogP contribution in [-0.2, 0) is 17.9 Å². The Kier molecular flexibility index (Phi) is 7.80. The number of nitrogens with zero attached hydrogens (tertiary/aromatic N) is 3. The quantitative estimate of drug-likeness (QED) is 0.306. The van der Waals surface area contributed by atoms with E-state index in [1.165, 1.54) is 4.80 Å². The monoisotopic (exact) mass is 530 g/mol. The third-order valence-electron chi connectivity index (χ3n) is 5.18. The lowest BCUT2D eigenvalue weighted by Gasteiger charge is -2.10. The number of hydrogen-bond acceptors (Lipinski definition) is 5. The van der Waals surface area contributed by atoms with E-state index in [1.807, 2.05) is 24.3 Å². The normalized spacial score (nSPS) is 10.8. The summed E-state index contributed by atoms with van der Waals surface area (Å²) >= 11 is 18.6. The molecule has 1 aromatic heterocycles. The van der Waals surface area contributed by atoms with Crippen molar-refractivity contribution in [1.82, 2.24) is 20.3 Å². The highest BCUT2D eigenvalue weighted by Gasteiger charge is 2.19. The van der Waals surface area contributed by atoms with Crippen LogP contribution >= 0.6 is 34.8 Å². The molecular formula is C25H21Cl3N4O3. The highest BCUT2D eigenvalue weighted by atomic mass is 35.5. The average molecular weight is 532 g/mol. The van der Waals surface area contributed by atoms with Gasteiger partial charge in [-0.3, -0.25) is 4.79 Å². The average Bonchev–Trinajstić information content (AvgIpc) is 3.26. The zero-order valence-corrected chi connectivity index (χ0v) is 21.2. The summed E-state index contributed by atoms with van der Waals surface area (Å²) in [5.74, 6) is 0.947. The molecule has 10 heteroatoms. The Morgan fingerprint density at radius 1 is 0.857 bits per heavy atom. The smallest absolute Gasteiger partial charge is 0.243 e. The van der Waals surface area contributed by atoms with Gasteiger partial charge in [0.15, 0.2) is 11.5 Å². The van der Waals surface area contributed by atoms with Crippen LogP contribution < -0.4 is 14.8 Å². The first-order chi connectivity index (χ1) is 16.9. The minimum absolute atomic E-state index is 0.0842. The van der Waals surface area contributed by atoms with Gasteiger partial charge < -0.3 is 14.8 Å². The summed E-state index contributed by atoms with van der Waals surface area (Å²) in [6.07, 6.45) is 0. The maximum Gasteiger partial charge on any atom is 0.243 e. The topological polar surface area (TPSA) is 78.3 Å². The number of amides is 1. The number of benzene rings is 3. The highest BCUT2D eigenvalue weighted by molar-refractivity contribution is 6.36. The molecule has 0 unspecified atom stereocenters. The Morgan fingerprint density at radius 2 is 1.54 bits per heavy atom. The molecule has 1 heterocycles. The second-order valence-electron chi connectivity index (χ2n) is 7.52. The molecule has 180 valence electrons. The molecule has 0 bridgehead atoms. The maximum atomic E-state index is 12.7. The van der Waals surface area contributed by atoms with Crippen molar-refractivity contribution in [2.45, 2.75) is 13.1 Å². The number of carbonyl (C=O) groups excluding carboxylic acids is 1. The van der Waals surface area contributed by atoms with Gasteiger partial charge in [-0.1, -0.05) is 53.0 Å². The molecule has 1 amide bonds. The molecule has 4 rings (SSSR count). The third-order valence-corrected chi connectivity index (χ3v) is 5.98. The highest BCUT2D eigenvalue weighted by Crippen LogP contribution is 2.35. The van der Waals surface area contributed by atoms with E-state index < -0.39 is 0 Å². The summed E-state index contributed by atoms with van der Waals surface area (Å²) in [5.41, 5.74) is 3.39. The van der Waals surface area contributed by atoms with Crippen LogP contribution in [0.5, 0.6) is 11.5 Å². The van der Waals surface area contributed by atoms with Gasteiger partial charge in [0.25, 0.3) is 0 Å². The standard InChI is InChI=1S/C25H21Cl3N4O3/c1-34-21-10-3-15(11-22(21)35-2)13-29-23(33)14-32-30-24(16-4-6-17(26)7-5-16)25(31-32)19-9-8-18(27)12-20(19)28/h3-12H,13-14H2,1-2H3,(H,29,33). The van der Waals surface area contributed by atoms with Crippen molar-refractivity contribution in [3.05, 3.63) is 81.3 Å². The van der Waals surface area contributed by atoms with Crippen LogP contribution in [-0.4, -0.2) is 35.1 Å². The van der Waals surface area contributed by atoms with Gasteiger partial charge in [-0.15, -0.1) is 0 Å². The van der Waals surface area contributed by atoms with Gasteiger partial charge in [0.2, 0.25) is 5.91 Å². The summed E-state index contributed by atoms with van der Waals surface area (Å²) in [5, 5.41) is 13.5. The lowest BCUT2D eigenvalue weighted by Crippen LogP contribution is -2.28. The molecule has 0 radical (unpaired) electrons. The molecule has 0 aliphatic rings. The number of aromatic nitrogens is 3. The van der Waals surface area contributed by atoms with Gasteiger partial charge in [0.1, 0.15) is 17.9 Å². The van der Waals surface area contributed by atoms with Gasteiger partial charge in [-0.25, -0.2) is 0 Å². The lowest BCUT2D eigenvalue weighted by molar-refractivity contribution is -0.122. The SMILES string of the molecule is COc1ccc(CNC(=O)Cn2nc(-c3ccc(Cl)cc3)c(-c3ccc(Cl)cc3Cl)n2)cc1OC. The maximum absolute atomic E-state index is 12.7. The van der Waals surface area contributed by atoms with Crippen LogP contribution in [0.4, 0.5) is 0 Å². The van der Waals surface area contributed by atoms with E-state index in [0.29, 0.717) is 50.1 Å². The number of rotatable bonds is 8. The van der Waals surface area contributed by atoms with Crippen LogP contribution in [0.15, 0.2) is 60.7 Å². The van der Waals surface area contributed by atoms with Crippen molar-refractivity contribution in [1.29, 1.82) is 0 Å². The predicted octanol–water partition coefficient (Wildman–Crippen LogP) is 5.91. The van der Waals surface area contributed by atoms with Gasteiger partial charge in [0.05, 0.1) is 19.2 Å². The van der Waals surface area contributed by atoms with E-state index in [4.69, 9.17) is 44.3 Å². The van der Waals surface area contributed by atoms with Crippen LogP contribution in [0, 0.1) is 0 Å². The Morgan fingerprint density at radius 3 is 2.23 bits per heavy atom. The van der Waals surface area contributed by atoms with E-state index in [-0.39, 0.29) is 12.5 Å². The number of methoxy groups -OCH3 is 2. The molecule has 1 N–H and O–H groups in total. The summed E-state index contributed by atoms with van der Waals surface area (Å²) in [7, 11) is 3.13. The van der Waals surface area contributed by atoms with Gasteiger partial charge in [-0.2, -0.15) is 15.0 Å². The molecular weight excluding hydrogens is 511 g/mol. The summed E-state index contributed by atoms with van der Waals surface area (Å²) < 4.78 is 10.6. The molecule has 0 atom stereocenters. The largest absolute Gasteiger partial charge is 0.493 e. The van der Waals surface area contributed by atoms with Crippen molar-refractivity contribution in [2.75, 3.05) is 14.2 Å². The summed E-state index contributed by atoms with van der Waals surface area (Å²) in [4.78, 5) is 14.0. The Labute approximate surface area is 217 Å². The van der Waals surface area contributed by atoms with Gasteiger partial charge >= 0.3 is 0 Å². The fourth-order valence-corrected chi connectivity index (χ4v) is 4.08. The van der Waals surface area contributed by atoms with Gasteiger partial charge in [0, 0.05) is 27.7 Å². The van der Waals surface area contributed by atoms with Crippen molar-refractivity contribution >= 4 is 40.7 Å². The van der Waals surface area contributed by atoms with Crippen LogP contribution in [0.2, 0.25) is 15.1 Å². The van der Waals surface area contributed by atoms with Crippen molar-refractivity contribution in [3.8, 4) is 34.0 Å².